The number of anilines is 1. The first-order chi connectivity index (χ1) is 12.8. The quantitative estimate of drug-likeness (QED) is 0.432. The van der Waals surface area contributed by atoms with Crippen molar-refractivity contribution in [3.63, 3.8) is 0 Å². The minimum Gasteiger partial charge on any atom is -0.452 e. The second-order valence-corrected chi connectivity index (χ2v) is 5.38. The highest BCUT2D eigenvalue weighted by Gasteiger charge is 2.22. The van der Waals surface area contributed by atoms with E-state index < -0.39 is 41.3 Å². The average Bonchev–Trinajstić information content (AvgIpc) is 2.60. The third-order valence-electron chi connectivity index (χ3n) is 3.07. The monoisotopic (exact) mass is 400 g/mol. The molecule has 2 aromatic carbocycles. The van der Waals surface area contributed by atoms with Crippen molar-refractivity contribution in [1.82, 2.24) is 0 Å². The van der Waals surface area contributed by atoms with E-state index in [2.05, 4.69) is 10.1 Å². The zero-order valence-electron chi connectivity index (χ0n) is 13.4. The van der Waals surface area contributed by atoms with Gasteiger partial charge < -0.3 is 14.8 Å². The van der Waals surface area contributed by atoms with Gasteiger partial charge in [-0.2, -0.15) is 8.78 Å². The van der Waals surface area contributed by atoms with Gasteiger partial charge in [0.15, 0.2) is 6.61 Å². The van der Waals surface area contributed by atoms with Crippen LogP contribution in [-0.2, 0) is 9.53 Å². The van der Waals surface area contributed by atoms with Gasteiger partial charge in [0, 0.05) is 16.8 Å². The first-order valence-corrected chi connectivity index (χ1v) is 7.60. The van der Waals surface area contributed by atoms with E-state index in [0.717, 1.165) is 12.1 Å². The Balaban J connectivity index is 1.95. The summed E-state index contributed by atoms with van der Waals surface area (Å²) >= 11 is 5.71. The maximum atomic E-state index is 12.1. The van der Waals surface area contributed by atoms with Crippen LogP contribution in [0.3, 0.4) is 0 Å². The summed E-state index contributed by atoms with van der Waals surface area (Å²) in [5, 5.41) is 13.4. The number of esters is 1. The van der Waals surface area contributed by atoms with Crippen LogP contribution in [0.15, 0.2) is 42.5 Å². The maximum absolute atomic E-state index is 12.1. The molecule has 0 spiro atoms. The molecule has 0 saturated carbocycles. The summed E-state index contributed by atoms with van der Waals surface area (Å²) in [6, 6.07) is 8.37. The average molecular weight is 401 g/mol. The highest BCUT2D eigenvalue weighted by atomic mass is 35.5. The van der Waals surface area contributed by atoms with Gasteiger partial charge in [0.1, 0.15) is 11.3 Å². The molecule has 0 fully saturated rings. The summed E-state index contributed by atoms with van der Waals surface area (Å²) in [6.45, 7) is -3.70. The fourth-order valence-corrected chi connectivity index (χ4v) is 2.13. The van der Waals surface area contributed by atoms with E-state index in [0.29, 0.717) is 0 Å². The lowest BCUT2D eigenvalue weighted by molar-refractivity contribution is -0.385. The zero-order valence-corrected chi connectivity index (χ0v) is 14.1. The molecule has 0 unspecified atom stereocenters. The molecular weight excluding hydrogens is 390 g/mol. The van der Waals surface area contributed by atoms with E-state index in [1.807, 2.05) is 0 Å². The highest BCUT2D eigenvalue weighted by molar-refractivity contribution is 6.31. The molecule has 0 bridgehead atoms. The van der Waals surface area contributed by atoms with Gasteiger partial charge in [-0.1, -0.05) is 11.6 Å². The third-order valence-corrected chi connectivity index (χ3v) is 3.31. The molecule has 27 heavy (non-hydrogen) atoms. The van der Waals surface area contributed by atoms with E-state index in [4.69, 9.17) is 16.3 Å². The number of ether oxygens (including phenoxy) is 2. The van der Waals surface area contributed by atoms with Crippen LogP contribution in [0, 0.1) is 10.1 Å². The first-order valence-electron chi connectivity index (χ1n) is 7.22. The van der Waals surface area contributed by atoms with Crippen molar-refractivity contribution in [3.8, 4) is 5.75 Å². The van der Waals surface area contributed by atoms with Crippen LogP contribution < -0.4 is 10.1 Å². The molecule has 0 aromatic heterocycles. The number of carbonyl (C=O) groups excluding carboxylic acids is 2. The molecule has 0 heterocycles. The van der Waals surface area contributed by atoms with E-state index in [-0.39, 0.29) is 16.5 Å². The molecule has 0 aliphatic rings. The number of amides is 1. The number of hydrogen-bond donors (Lipinski definition) is 1. The minimum atomic E-state index is -2.97. The fraction of sp³-hybridized carbons (Fsp3) is 0.125. The second kappa shape index (κ2) is 8.90. The Morgan fingerprint density at radius 3 is 2.44 bits per heavy atom. The molecule has 0 saturated heterocycles. The highest BCUT2D eigenvalue weighted by Crippen LogP contribution is 2.23. The van der Waals surface area contributed by atoms with Crippen molar-refractivity contribution in [2.24, 2.45) is 0 Å². The number of carbonyl (C=O) groups is 2. The van der Waals surface area contributed by atoms with E-state index in [1.165, 1.54) is 30.3 Å². The number of alkyl halides is 2. The minimum absolute atomic E-state index is 0.0862. The first kappa shape index (κ1) is 20.0. The summed E-state index contributed by atoms with van der Waals surface area (Å²) in [5.41, 5.74) is -0.667. The Morgan fingerprint density at radius 2 is 1.85 bits per heavy atom. The lowest BCUT2D eigenvalue weighted by Crippen LogP contribution is -2.21. The van der Waals surface area contributed by atoms with Crippen molar-refractivity contribution in [2.45, 2.75) is 6.61 Å². The van der Waals surface area contributed by atoms with Crippen molar-refractivity contribution < 1.29 is 32.8 Å². The summed E-state index contributed by atoms with van der Waals surface area (Å²) in [7, 11) is 0. The predicted octanol–water partition coefficient (Wildman–Crippen LogP) is 3.65. The summed E-state index contributed by atoms with van der Waals surface area (Å²) in [6.07, 6.45) is 0. The fourth-order valence-electron chi connectivity index (χ4n) is 1.96. The zero-order chi connectivity index (χ0) is 20.0. The predicted molar refractivity (Wildman–Crippen MR) is 90.1 cm³/mol. The second-order valence-electron chi connectivity index (χ2n) is 4.95. The lowest BCUT2D eigenvalue weighted by atomic mass is 10.2. The van der Waals surface area contributed by atoms with Gasteiger partial charge >= 0.3 is 12.6 Å². The van der Waals surface area contributed by atoms with Crippen molar-refractivity contribution in [3.05, 3.63) is 63.2 Å². The number of nitro groups is 1. The summed E-state index contributed by atoms with van der Waals surface area (Å²) < 4.78 is 33.0. The maximum Gasteiger partial charge on any atom is 0.387 e. The molecule has 1 N–H and O–H groups in total. The Kier molecular flexibility index (Phi) is 6.61. The molecule has 0 radical (unpaired) electrons. The molecule has 0 atom stereocenters. The molecule has 0 aliphatic carbocycles. The van der Waals surface area contributed by atoms with Crippen LogP contribution in [0.2, 0.25) is 5.02 Å². The van der Waals surface area contributed by atoms with Gasteiger partial charge in [-0.3, -0.25) is 14.9 Å². The smallest absolute Gasteiger partial charge is 0.387 e. The molecule has 1 amide bonds. The van der Waals surface area contributed by atoms with Crippen LogP contribution in [0.4, 0.5) is 20.2 Å². The van der Waals surface area contributed by atoms with Crippen LogP contribution in [0.1, 0.15) is 10.4 Å². The summed E-state index contributed by atoms with van der Waals surface area (Å²) in [4.78, 5) is 33.9. The van der Waals surface area contributed by atoms with Gasteiger partial charge in [-0.05, 0) is 36.4 Å². The molecule has 0 aliphatic heterocycles. The number of rotatable bonds is 7. The largest absolute Gasteiger partial charge is 0.452 e. The molecule has 2 aromatic rings. The Morgan fingerprint density at radius 1 is 1.19 bits per heavy atom. The van der Waals surface area contributed by atoms with Gasteiger partial charge in [-0.15, -0.1) is 0 Å². The Labute approximate surface area is 155 Å². The summed E-state index contributed by atoms with van der Waals surface area (Å²) in [5.74, 6) is -1.93. The van der Waals surface area contributed by atoms with E-state index in [1.54, 1.807) is 0 Å². The van der Waals surface area contributed by atoms with Crippen molar-refractivity contribution >= 4 is 34.9 Å². The number of nitrogens with zero attached hydrogens (tertiary/aromatic N) is 1. The normalized spacial score (nSPS) is 10.4. The number of hydrogen-bond acceptors (Lipinski definition) is 6. The van der Waals surface area contributed by atoms with Crippen LogP contribution in [0.5, 0.6) is 5.75 Å². The third kappa shape index (κ3) is 5.89. The molecule has 2 rings (SSSR count). The van der Waals surface area contributed by atoms with Crippen molar-refractivity contribution in [1.29, 1.82) is 0 Å². The van der Waals surface area contributed by atoms with Gasteiger partial charge in [0.2, 0.25) is 0 Å². The Bertz CT molecular complexity index is 860. The molecular formula is C16H11ClF2N2O6. The topological polar surface area (TPSA) is 108 Å². The Hall–Kier alpha value is -3.27. The van der Waals surface area contributed by atoms with Gasteiger partial charge in [0.05, 0.1) is 4.92 Å². The SMILES string of the molecule is O=C(COC(=O)c1cc(Cl)ccc1[N+](=O)[O-])Nc1ccc(OC(F)F)cc1. The van der Waals surface area contributed by atoms with Crippen LogP contribution in [0.25, 0.3) is 0 Å². The standard InChI is InChI=1S/C16H11ClF2N2O6/c17-9-1-6-13(21(24)25)12(7-9)15(23)26-8-14(22)20-10-2-4-11(5-3-10)27-16(18)19/h1-7,16H,8H2,(H,20,22). The van der Waals surface area contributed by atoms with Gasteiger partial charge in [0.25, 0.3) is 11.6 Å². The lowest BCUT2D eigenvalue weighted by Gasteiger charge is -2.08. The van der Waals surface area contributed by atoms with Crippen LogP contribution >= 0.6 is 11.6 Å². The van der Waals surface area contributed by atoms with E-state index >= 15 is 0 Å². The van der Waals surface area contributed by atoms with Gasteiger partial charge in [-0.25, -0.2) is 4.79 Å². The number of nitro benzene ring substituents is 1. The molecule has 8 nitrogen and oxygen atoms in total. The number of nitrogens with one attached hydrogen (secondary N) is 1. The van der Waals surface area contributed by atoms with Crippen LogP contribution in [-0.4, -0.2) is 30.0 Å². The van der Waals surface area contributed by atoms with E-state index in [9.17, 15) is 28.5 Å². The van der Waals surface area contributed by atoms with Crippen molar-refractivity contribution in [2.75, 3.05) is 11.9 Å². The number of halogens is 3. The molecule has 11 heteroatoms. The number of benzene rings is 2. The molecule has 142 valence electrons.